The van der Waals surface area contributed by atoms with Gasteiger partial charge >= 0.3 is 0 Å². The van der Waals surface area contributed by atoms with Crippen LogP contribution in [-0.4, -0.2) is 43.0 Å². The van der Waals surface area contributed by atoms with Crippen molar-refractivity contribution in [2.75, 3.05) is 36.4 Å². The van der Waals surface area contributed by atoms with Gasteiger partial charge in [-0.3, -0.25) is 9.69 Å². The highest BCUT2D eigenvalue weighted by molar-refractivity contribution is 9.10. The predicted octanol–water partition coefficient (Wildman–Crippen LogP) is 3.60. The van der Waals surface area contributed by atoms with Gasteiger partial charge < -0.3 is 10.2 Å². The van der Waals surface area contributed by atoms with E-state index in [1.165, 1.54) is 5.69 Å². The second-order valence-corrected chi connectivity index (χ2v) is 6.95. The first-order chi connectivity index (χ1) is 11.6. The van der Waals surface area contributed by atoms with Gasteiger partial charge in [0.15, 0.2) is 0 Å². The van der Waals surface area contributed by atoms with Crippen LogP contribution in [0.4, 0.5) is 11.4 Å². The molecular formula is C19H22BrN3O. The Morgan fingerprint density at radius 1 is 1.00 bits per heavy atom. The van der Waals surface area contributed by atoms with Crippen molar-refractivity contribution < 1.29 is 4.79 Å². The summed E-state index contributed by atoms with van der Waals surface area (Å²) in [5, 5.41) is 2.99. The molecule has 2 aromatic carbocycles. The Kier molecular flexibility index (Phi) is 5.53. The zero-order chi connectivity index (χ0) is 16.9. The monoisotopic (exact) mass is 387 g/mol. The van der Waals surface area contributed by atoms with Crippen LogP contribution in [-0.2, 0) is 4.79 Å². The lowest BCUT2D eigenvalue weighted by atomic mass is 10.2. The van der Waals surface area contributed by atoms with Crippen molar-refractivity contribution in [2.24, 2.45) is 0 Å². The number of halogens is 1. The van der Waals surface area contributed by atoms with Crippen LogP contribution in [0.5, 0.6) is 0 Å². The van der Waals surface area contributed by atoms with Gasteiger partial charge in [0.1, 0.15) is 0 Å². The molecule has 1 amide bonds. The summed E-state index contributed by atoms with van der Waals surface area (Å²) in [4.78, 5) is 17.1. The molecule has 1 heterocycles. The molecule has 1 aliphatic rings. The third kappa shape index (κ3) is 4.16. The Balaban J connectivity index is 1.53. The molecule has 3 rings (SSSR count). The normalized spacial score (nSPS) is 16.7. The number of carbonyl (C=O) groups is 1. The topological polar surface area (TPSA) is 35.6 Å². The maximum Gasteiger partial charge on any atom is 0.241 e. The molecule has 0 radical (unpaired) electrons. The van der Waals surface area contributed by atoms with Gasteiger partial charge in [-0.2, -0.15) is 0 Å². The van der Waals surface area contributed by atoms with Gasteiger partial charge in [-0.05, 0) is 43.3 Å². The van der Waals surface area contributed by atoms with Crippen LogP contribution in [0.2, 0.25) is 0 Å². The fraction of sp³-hybridized carbons (Fsp3) is 0.316. The third-order valence-corrected chi connectivity index (χ3v) is 5.00. The molecule has 1 saturated heterocycles. The van der Waals surface area contributed by atoms with Gasteiger partial charge in [-0.1, -0.05) is 34.1 Å². The molecule has 0 bridgehead atoms. The highest BCUT2D eigenvalue weighted by atomic mass is 79.9. The van der Waals surface area contributed by atoms with Crippen LogP contribution in [0.25, 0.3) is 0 Å². The number of piperazine rings is 1. The van der Waals surface area contributed by atoms with E-state index in [0.717, 1.165) is 36.3 Å². The van der Waals surface area contributed by atoms with Gasteiger partial charge in [0.05, 0.1) is 6.04 Å². The zero-order valence-corrected chi connectivity index (χ0v) is 15.4. The minimum absolute atomic E-state index is 0.0467. The predicted molar refractivity (Wildman–Crippen MR) is 102 cm³/mol. The van der Waals surface area contributed by atoms with E-state index in [2.05, 4.69) is 55.3 Å². The first-order valence-corrected chi connectivity index (χ1v) is 9.03. The molecule has 1 N–H and O–H groups in total. The average molecular weight is 388 g/mol. The van der Waals surface area contributed by atoms with E-state index in [0.29, 0.717) is 0 Å². The molecule has 4 nitrogen and oxygen atoms in total. The molecule has 1 fully saturated rings. The number of benzene rings is 2. The van der Waals surface area contributed by atoms with E-state index in [4.69, 9.17) is 0 Å². The van der Waals surface area contributed by atoms with Crippen molar-refractivity contribution in [3.63, 3.8) is 0 Å². The number of para-hydroxylation sites is 1. The minimum atomic E-state index is -0.133. The zero-order valence-electron chi connectivity index (χ0n) is 13.8. The van der Waals surface area contributed by atoms with E-state index < -0.39 is 0 Å². The van der Waals surface area contributed by atoms with E-state index in [-0.39, 0.29) is 11.9 Å². The quantitative estimate of drug-likeness (QED) is 0.870. The van der Waals surface area contributed by atoms with Crippen molar-refractivity contribution in [3.8, 4) is 0 Å². The molecule has 0 unspecified atom stereocenters. The molecule has 24 heavy (non-hydrogen) atoms. The molecule has 5 heteroatoms. The van der Waals surface area contributed by atoms with Crippen molar-refractivity contribution in [1.29, 1.82) is 0 Å². The molecule has 0 aliphatic carbocycles. The van der Waals surface area contributed by atoms with Crippen LogP contribution in [0.1, 0.15) is 6.92 Å². The van der Waals surface area contributed by atoms with Gasteiger partial charge in [0.25, 0.3) is 0 Å². The maximum atomic E-state index is 12.5. The van der Waals surface area contributed by atoms with E-state index in [1.54, 1.807) is 0 Å². The Bertz CT molecular complexity index is 667. The fourth-order valence-electron chi connectivity index (χ4n) is 2.95. The Labute approximate surface area is 151 Å². The SMILES string of the molecule is C[C@@H](C(=O)Nc1ccc(Br)cc1)N1CCN(c2ccccc2)CC1. The average Bonchev–Trinajstić information content (AvgIpc) is 2.64. The molecule has 2 aromatic rings. The van der Waals surface area contributed by atoms with Crippen molar-refractivity contribution >= 4 is 33.2 Å². The van der Waals surface area contributed by atoms with Crippen molar-refractivity contribution in [1.82, 2.24) is 4.90 Å². The van der Waals surface area contributed by atoms with Gasteiger partial charge in [-0.15, -0.1) is 0 Å². The lowest BCUT2D eigenvalue weighted by Gasteiger charge is -2.38. The molecule has 1 atom stereocenters. The Hall–Kier alpha value is -1.85. The first-order valence-electron chi connectivity index (χ1n) is 8.24. The van der Waals surface area contributed by atoms with E-state index in [1.807, 2.05) is 37.3 Å². The number of amides is 1. The van der Waals surface area contributed by atoms with Crippen LogP contribution >= 0.6 is 15.9 Å². The number of nitrogens with zero attached hydrogens (tertiary/aromatic N) is 2. The standard InChI is InChI=1S/C19H22BrN3O/c1-15(19(24)21-17-9-7-16(20)8-10-17)22-11-13-23(14-12-22)18-5-3-2-4-6-18/h2-10,15H,11-14H2,1H3,(H,21,24)/t15-/m0/s1. The minimum Gasteiger partial charge on any atom is -0.369 e. The summed E-state index contributed by atoms with van der Waals surface area (Å²) in [6, 6.07) is 18.0. The maximum absolute atomic E-state index is 12.5. The van der Waals surface area contributed by atoms with Gasteiger partial charge in [-0.25, -0.2) is 0 Å². The van der Waals surface area contributed by atoms with Crippen molar-refractivity contribution in [2.45, 2.75) is 13.0 Å². The number of rotatable bonds is 4. The molecule has 126 valence electrons. The summed E-state index contributed by atoms with van der Waals surface area (Å²) < 4.78 is 1.01. The van der Waals surface area contributed by atoms with Crippen LogP contribution in [0.3, 0.4) is 0 Å². The number of hydrogen-bond donors (Lipinski definition) is 1. The number of carbonyl (C=O) groups excluding carboxylic acids is 1. The largest absolute Gasteiger partial charge is 0.369 e. The van der Waals surface area contributed by atoms with Gasteiger partial charge in [0, 0.05) is 42.0 Å². The van der Waals surface area contributed by atoms with E-state index in [9.17, 15) is 4.79 Å². The smallest absolute Gasteiger partial charge is 0.241 e. The summed E-state index contributed by atoms with van der Waals surface area (Å²) in [6.45, 7) is 5.65. The Morgan fingerprint density at radius 3 is 2.25 bits per heavy atom. The second kappa shape index (κ2) is 7.81. The summed E-state index contributed by atoms with van der Waals surface area (Å²) in [6.07, 6.45) is 0. The van der Waals surface area contributed by atoms with Crippen LogP contribution in [0, 0.1) is 0 Å². The lowest BCUT2D eigenvalue weighted by Crippen LogP contribution is -2.52. The molecule has 0 spiro atoms. The summed E-state index contributed by atoms with van der Waals surface area (Å²) in [7, 11) is 0. The summed E-state index contributed by atoms with van der Waals surface area (Å²) in [5.74, 6) is 0.0467. The second-order valence-electron chi connectivity index (χ2n) is 6.03. The number of anilines is 2. The van der Waals surface area contributed by atoms with Gasteiger partial charge in [0.2, 0.25) is 5.91 Å². The Morgan fingerprint density at radius 2 is 1.62 bits per heavy atom. The first kappa shape index (κ1) is 17.0. The van der Waals surface area contributed by atoms with Crippen LogP contribution < -0.4 is 10.2 Å². The molecule has 0 aromatic heterocycles. The lowest BCUT2D eigenvalue weighted by molar-refractivity contribution is -0.120. The molecular weight excluding hydrogens is 366 g/mol. The molecule has 1 aliphatic heterocycles. The number of nitrogens with one attached hydrogen (secondary N) is 1. The highest BCUT2D eigenvalue weighted by Crippen LogP contribution is 2.18. The number of hydrogen-bond acceptors (Lipinski definition) is 3. The fourth-order valence-corrected chi connectivity index (χ4v) is 3.22. The van der Waals surface area contributed by atoms with Crippen molar-refractivity contribution in [3.05, 3.63) is 59.1 Å². The third-order valence-electron chi connectivity index (χ3n) is 4.47. The summed E-state index contributed by atoms with van der Waals surface area (Å²) in [5.41, 5.74) is 2.09. The molecule has 0 saturated carbocycles. The van der Waals surface area contributed by atoms with E-state index >= 15 is 0 Å². The van der Waals surface area contributed by atoms with Crippen LogP contribution in [0.15, 0.2) is 59.1 Å². The summed E-state index contributed by atoms with van der Waals surface area (Å²) >= 11 is 3.40. The highest BCUT2D eigenvalue weighted by Gasteiger charge is 2.25.